The Balaban J connectivity index is 0.000000223. The van der Waals surface area contributed by atoms with Crippen LogP contribution in [-0.2, 0) is 4.79 Å². The van der Waals surface area contributed by atoms with Gasteiger partial charge in [-0.25, -0.2) is 9.37 Å². The fourth-order valence-electron chi connectivity index (χ4n) is 2.52. The van der Waals surface area contributed by atoms with Crippen molar-refractivity contribution in [3.8, 4) is 5.75 Å². The number of hydrogen-bond acceptors (Lipinski definition) is 5. The summed E-state index contributed by atoms with van der Waals surface area (Å²) in [6.45, 7) is 5.29. The SMILES string of the molecule is C=CC(=O)N1CCCCC1.COc1cccc(Nc2ncc(F)c(=S)[nH]2)c1. The van der Waals surface area contributed by atoms with E-state index >= 15 is 0 Å². The Morgan fingerprint density at radius 1 is 1.41 bits per heavy atom. The fourth-order valence-corrected chi connectivity index (χ4v) is 2.67. The van der Waals surface area contributed by atoms with Gasteiger partial charge in [-0.2, -0.15) is 0 Å². The van der Waals surface area contributed by atoms with Gasteiger partial charge >= 0.3 is 0 Å². The summed E-state index contributed by atoms with van der Waals surface area (Å²) in [6.07, 6.45) is 6.03. The number of anilines is 2. The Kier molecular flexibility index (Phi) is 7.94. The number of aromatic nitrogens is 2. The van der Waals surface area contributed by atoms with Gasteiger partial charge < -0.3 is 19.9 Å². The van der Waals surface area contributed by atoms with E-state index in [-0.39, 0.29) is 10.5 Å². The molecule has 27 heavy (non-hydrogen) atoms. The zero-order chi connectivity index (χ0) is 19.6. The smallest absolute Gasteiger partial charge is 0.245 e. The molecule has 0 spiro atoms. The molecule has 3 rings (SSSR count). The molecule has 144 valence electrons. The fraction of sp³-hybridized carbons (Fsp3) is 0.316. The molecule has 0 saturated carbocycles. The minimum absolute atomic E-state index is 0.0189. The highest BCUT2D eigenvalue weighted by atomic mass is 32.1. The molecule has 0 atom stereocenters. The molecular formula is C19H23FN4O2S. The minimum Gasteiger partial charge on any atom is -0.497 e. The van der Waals surface area contributed by atoms with Crippen LogP contribution in [0.15, 0.2) is 43.1 Å². The molecule has 1 fully saturated rings. The number of halogens is 1. The second kappa shape index (κ2) is 10.4. The summed E-state index contributed by atoms with van der Waals surface area (Å²) >= 11 is 4.77. The van der Waals surface area contributed by atoms with Crippen molar-refractivity contribution in [2.75, 3.05) is 25.5 Å². The van der Waals surface area contributed by atoms with Gasteiger partial charge in [0.15, 0.2) is 5.82 Å². The summed E-state index contributed by atoms with van der Waals surface area (Å²) in [7, 11) is 1.59. The Morgan fingerprint density at radius 2 is 2.15 bits per heavy atom. The van der Waals surface area contributed by atoms with Gasteiger partial charge in [0, 0.05) is 24.8 Å². The van der Waals surface area contributed by atoms with Gasteiger partial charge in [0.05, 0.1) is 13.3 Å². The van der Waals surface area contributed by atoms with E-state index in [2.05, 4.69) is 21.9 Å². The van der Waals surface area contributed by atoms with Crippen LogP contribution in [0.5, 0.6) is 5.75 Å². The molecule has 1 amide bonds. The van der Waals surface area contributed by atoms with Crippen LogP contribution in [0.4, 0.5) is 16.0 Å². The molecular weight excluding hydrogens is 367 g/mol. The van der Waals surface area contributed by atoms with E-state index in [1.807, 2.05) is 23.1 Å². The predicted octanol–water partition coefficient (Wildman–Crippen LogP) is 4.22. The Bertz CT molecular complexity index is 834. The van der Waals surface area contributed by atoms with Crippen LogP contribution >= 0.6 is 12.2 Å². The second-order valence-electron chi connectivity index (χ2n) is 5.86. The Hall–Kier alpha value is -2.74. The standard InChI is InChI=1S/C11H10FN3OS.C8H13NO/c1-16-8-4-2-3-7(5-8)14-11-13-6-9(12)10(17)15-11;1-2-8(10)9-6-4-3-5-7-9/h2-6H,1H3,(H2,13,14,15,17);2H,1,3-7H2. The number of carbonyl (C=O) groups is 1. The summed E-state index contributed by atoms with van der Waals surface area (Å²) in [4.78, 5) is 19.3. The zero-order valence-corrected chi connectivity index (χ0v) is 16.0. The summed E-state index contributed by atoms with van der Waals surface area (Å²) in [5.74, 6) is 0.635. The summed E-state index contributed by atoms with van der Waals surface area (Å²) < 4.78 is 18.0. The average molecular weight is 390 g/mol. The lowest BCUT2D eigenvalue weighted by Gasteiger charge is -2.25. The normalized spacial score (nSPS) is 13.2. The number of methoxy groups -OCH3 is 1. The van der Waals surface area contributed by atoms with Gasteiger partial charge in [0.2, 0.25) is 11.9 Å². The first-order valence-corrected chi connectivity index (χ1v) is 9.01. The van der Waals surface area contributed by atoms with E-state index in [0.29, 0.717) is 5.95 Å². The maximum Gasteiger partial charge on any atom is 0.245 e. The van der Waals surface area contributed by atoms with E-state index in [0.717, 1.165) is 43.6 Å². The van der Waals surface area contributed by atoms with Crippen LogP contribution in [0.3, 0.4) is 0 Å². The molecule has 0 unspecified atom stereocenters. The maximum atomic E-state index is 12.9. The number of H-pyrrole nitrogens is 1. The molecule has 1 aliphatic heterocycles. The van der Waals surface area contributed by atoms with Crippen LogP contribution in [0.1, 0.15) is 19.3 Å². The van der Waals surface area contributed by atoms with Crippen LogP contribution in [0.25, 0.3) is 0 Å². The highest BCUT2D eigenvalue weighted by Crippen LogP contribution is 2.19. The van der Waals surface area contributed by atoms with E-state index in [1.165, 1.54) is 12.5 Å². The molecule has 2 aromatic rings. The summed E-state index contributed by atoms with van der Waals surface area (Å²) in [6, 6.07) is 7.29. The van der Waals surface area contributed by atoms with Crippen molar-refractivity contribution in [3.05, 3.63) is 53.6 Å². The van der Waals surface area contributed by atoms with Gasteiger partial charge in [-0.1, -0.05) is 24.9 Å². The monoisotopic (exact) mass is 390 g/mol. The number of likely N-dealkylation sites (tertiary alicyclic amines) is 1. The van der Waals surface area contributed by atoms with Gasteiger partial charge in [-0.3, -0.25) is 4.79 Å². The third kappa shape index (κ3) is 6.49. The van der Waals surface area contributed by atoms with E-state index in [1.54, 1.807) is 13.2 Å². The zero-order valence-electron chi connectivity index (χ0n) is 15.2. The van der Waals surface area contributed by atoms with Crippen molar-refractivity contribution in [2.45, 2.75) is 19.3 Å². The van der Waals surface area contributed by atoms with Crippen molar-refractivity contribution in [1.29, 1.82) is 0 Å². The molecule has 6 nitrogen and oxygen atoms in total. The molecule has 1 saturated heterocycles. The number of aromatic amines is 1. The Morgan fingerprint density at radius 3 is 2.78 bits per heavy atom. The van der Waals surface area contributed by atoms with Crippen LogP contribution in [0.2, 0.25) is 0 Å². The number of ether oxygens (including phenoxy) is 1. The number of piperidine rings is 1. The highest BCUT2D eigenvalue weighted by molar-refractivity contribution is 7.71. The lowest BCUT2D eigenvalue weighted by molar-refractivity contribution is -0.126. The maximum absolute atomic E-state index is 12.9. The van der Waals surface area contributed by atoms with Crippen molar-refractivity contribution in [1.82, 2.24) is 14.9 Å². The molecule has 1 aliphatic rings. The third-order valence-corrected chi connectivity index (χ3v) is 4.23. The minimum atomic E-state index is -0.545. The van der Waals surface area contributed by atoms with E-state index in [4.69, 9.17) is 17.0 Å². The summed E-state index contributed by atoms with van der Waals surface area (Å²) in [5.41, 5.74) is 0.772. The number of rotatable bonds is 4. The lowest BCUT2D eigenvalue weighted by Crippen LogP contribution is -2.34. The molecule has 1 aromatic heterocycles. The molecule has 1 aromatic carbocycles. The number of nitrogens with one attached hydrogen (secondary N) is 2. The number of benzene rings is 1. The summed E-state index contributed by atoms with van der Waals surface area (Å²) in [5, 5.41) is 2.97. The quantitative estimate of drug-likeness (QED) is 0.604. The van der Waals surface area contributed by atoms with Crippen LogP contribution < -0.4 is 10.1 Å². The molecule has 2 heterocycles. The van der Waals surface area contributed by atoms with Gasteiger partial charge in [0.25, 0.3) is 0 Å². The van der Waals surface area contributed by atoms with Crippen molar-refractivity contribution in [2.24, 2.45) is 0 Å². The van der Waals surface area contributed by atoms with Crippen LogP contribution in [0, 0.1) is 10.5 Å². The Labute approximate surface area is 163 Å². The average Bonchev–Trinajstić information content (AvgIpc) is 2.71. The van der Waals surface area contributed by atoms with Gasteiger partial charge in [-0.05, 0) is 37.5 Å². The first-order chi connectivity index (χ1) is 13.0. The number of hydrogen-bond donors (Lipinski definition) is 2. The first kappa shape index (κ1) is 20.6. The number of carbonyl (C=O) groups excluding carboxylic acids is 1. The second-order valence-corrected chi connectivity index (χ2v) is 6.26. The first-order valence-electron chi connectivity index (χ1n) is 8.60. The lowest BCUT2D eigenvalue weighted by atomic mass is 10.1. The molecule has 0 aliphatic carbocycles. The van der Waals surface area contributed by atoms with Crippen LogP contribution in [-0.4, -0.2) is 41.0 Å². The van der Waals surface area contributed by atoms with E-state index < -0.39 is 5.82 Å². The third-order valence-electron chi connectivity index (χ3n) is 3.93. The highest BCUT2D eigenvalue weighted by Gasteiger charge is 2.12. The van der Waals surface area contributed by atoms with Crippen molar-refractivity contribution >= 4 is 29.8 Å². The van der Waals surface area contributed by atoms with E-state index in [9.17, 15) is 9.18 Å². The number of nitrogens with zero attached hydrogens (tertiary/aromatic N) is 2. The molecule has 2 N–H and O–H groups in total. The number of amides is 1. The van der Waals surface area contributed by atoms with Crippen molar-refractivity contribution in [3.63, 3.8) is 0 Å². The topological polar surface area (TPSA) is 70.2 Å². The van der Waals surface area contributed by atoms with Gasteiger partial charge in [0.1, 0.15) is 10.4 Å². The predicted molar refractivity (Wildman–Crippen MR) is 106 cm³/mol. The van der Waals surface area contributed by atoms with Gasteiger partial charge in [-0.15, -0.1) is 0 Å². The van der Waals surface area contributed by atoms with Crippen molar-refractivity contribution < 1.29 is 13.9 Å². The molecule has 8 heteroatoms. The molecule has 0 bridgehead atoms. The largest absolute Gasteiger partial charge is 0.497 e. The molecule has 0 radical (unpaired) electrons.